The van der Waals surface area contributed by atoms with Gasteiger partial charge in [-0.25, -0.2) is 12.7 Å². The molecule has 21 heavy (non-hydrogen) atoms. The fourth-order valence-corrected chi connectivity index (χ4v) is 4.04. The zero-order chi connectivity index (χ0) is 15.7. The molecular formula is C14H28N2O4S. The van der Waals surface area contributed by atoms with Gasteiger partial charge in [-0.05, 0) is 32.7 Å². The first-order chi connectivity index (χ1) is 9.99. The minimum atomic E-state index is -3.40. The topological polar surface area (TPSA) is 75.7 Å². The van der Waals surface area contributed by atoms with Crippen LogP contribution in [0, 0.1) is 0 Å². The van der Waals surface area contributed by atoms with Gasteiger partial charge in [-0.3, -0.25) is 4.79 Å². The highest BCUT2D eigenvalue weighted by atomic mass is 32.2. The van der Waals surface area contributed by atoms with E-state index in [2.05, 4.69) is 5.32 Å². The van der Waals surface area contributed by atoms with E-state index < -0.39 is 16.0 Å². The van der Waals surface area contributed by atoms with Crippen molar-refractivity contribution < 1.29 is 17.9 Å². The molecule has 124 valence electrons. The molecule has 1 atom stereocenters. The van der Waals surface area contributed by atoms with Gasteiger partial charge in [0.2, 0.25) is 10.0 Å². The summed E-state index contributed by atoms with van der Waals surface area (Å²) in [4.78, 5) is 11.3. The Morgan fingerprint density at radius 2 is 2.10 bits per heavy atom. The highest BCUT2D eigenvalue weighted by Crippen LogP contribution is 2.12. The van der Waals surface area contributed by atoms with Crippen molar-refractivity contribution in [3.05, 3.63) is 0 Å². The first-order valence-electron chi connectivity index (χ1n) is 7.86. The summed E-state index contributed by atoms with van der Waals surface area (Å²) in [6, 6.07) is 0.225. The molecule has 1 fully saturated rings. The number of ether oxygens (including phenoxy) is 1. The molecule has 1 unspecified atom stereocenters. The van der Waals surface area contributed by atoms with Crippen LogP contribution in [0.5, 0.6) is 0 Å². The van der Waals surface area contributed by atoms with Crippen LogP contribution in [0.15, 0.2) is 0 Å². The third-order valence-electron chi connectivity index (χ3n) is 3.57. The van der Waals surface area contributed by atoms with E-state index in [1.54, 1.807) is 6.92 Å². The Labute approximate surface area is 128 Å². The van der Waals surface area contributed by atoms with E-state index in [1.807, 2.05) is 6.92 Å². The Balaban J connectivity index is 2.57. The largest absolute Gasteiger partial charge is 0.466 e. The van der Waals surface area contributed by atoms with Gasteiger partial charge in [-0.15, -0.1) is 0 Å². The van der Waals surface area contributed by atoms with Crippen LogP contribution >= 0.6 is 0 Å². The fraction of sp³-hybridized carbons (Fsp3) is 0.929. The highest BCUT2D eigenvalue weighted by molar-refractivity contribution is 7.89. The van der Waals surface area contributed by atoms with E-state index in [-0.39, 0.29) is 24.8 Å². The number of rotatable bonds is 9. The van der Waals surface area contributed by atoms with Crippen molar-refractivity contribution in [2.45, 2.75) is 52.0 Å². The van der Waals surface area contributed by atoms with Crippen molar-refractivity contribution in [3.8, 4) is 0 Å². The second kappa shape index (κ2) is 9.38. The number of hydrogen-bond donors (Lipinski definition) is 1. The Kier molecular flexibility index (Phi) is 8.21. The third-order valence-corrected chi connectivity index (χ3v) is 5.41. The number of piperidine rings is 1. The van der Waals surface area contributed by atoms with Crippen LogP contribution < -0.4 is 5.32 Å². The molecule has 7 heteroatoms. The molecule has 0 aliphatic carbocycles. The van der Waals surface area contributed by atoms with Crippen LogP contribution in [-0.4, -0.2) is 56.7 Å². The molecule has 1 heterocycles. The summed E-state index contributed by atoms with van der Waals surface area (Å²) in [7, 11) is -3.40. The zero-order valence-electron chi connectivity index (χ0n) is 13.1. The minimum Gasteiger partial charge on any atom is -0.466 e. The average Bonchev–Trinajstić information content (AvgIpc) is 2.46. The second-order valence-corrected chi connectivity index (χ2v) is 7.46. The molecule has 0 aromatic carbocycles. The summed E-state index contributed by atoms with van der Waals surface area (Å²) >= 11 is 0. The van der Waals surface area contributed by atoms with E-state index in [9.17, 15) is 13.2 Å². The van der Waals surface area contributed by atoms with Crippen molar-refractivity contribution in [2.24, 2.45) is 0 Å². The monoisotopic (exact) mass is 320 g/mol. The van der Waals surface area contributed by atoms with Gasteiger partial charge in [-0.2, -0.15) is 0 Å². The Hall–Kier alpha value is -0.660. The number of carbonyl (C=O) groups is 1. The van der Waals surface area contributed by atoms with E-state index in [0.29, 0.717) is 13.1 Å². The van der Waals surface area contributed by atoms with Crippen LogP contribution in [0.4, 0.5) is 0 Å². The SMILES string of the molecule is CCCN(CC1CCCCN1)S(=O)(=O)CCC(=O)OCC. The summed E-state index contributed by atoms with van der Waals surface area (Å²) < 4.78 is 31.1. The van der Waals surface area contributed by atoms with Crippen molar-refractivity contribution >= 4 is 16.0 Å². The molecule has 0 aromatic rings. The lowest BCUT2D eigenvalue weighted by atomic mass is 10.1. The Morgan fingerprint density at radius 1 is 1.33 bits per heavy atom. The summed E-state index contributed by atoms with van der Waals surface area (Å²) in [5, 5.41) is 3.37. The first-order valence-corrected chi connectivity index (χ1v) is 9.47. The molecule has 1 N–H and O–H groups in total. The van der Waals surface area contributed by atoms with Crippen LogP contribution in [0.2, 0.25) is 0 Å². The first kappa shape index (κ1) is 18.4. The third kappa shape index (κ3) is 6.76. The van der Waals surface area contributed by atoms with E-state index in [4.69, 9.17) is 4.74 Å². The quantitative estimate of drug-likeness (QED) is 0.644. The fourth-order valence-electron chi connectivity index (χ4n) is 2.49. The lowest BCUT2D eigenvalue weighted by Crippen LogP contribution is -2.46. The molecule has 6 nitrogen and oxygen atoms in total. The highest BCUT2D eigenvalue weighted by Gasteiger charge is 2.26. The maximum absolute atomic E-state index is 12.4. The molecule has 0 bridgehead atoms. The summed E-state index contributed by atoms with van der Waals surface area (Å²) in [5.41, 5.74) is 0. The van der Waals surface area contributed by atoms with Gasteiger partial charge in [0.1, 0.15) is 0 Å². The van der Waals surface area contributed by atoms with Crippen LogP contribution in [0.1, 0.15) is 46.0 Å². The Morgan fingerprint density at radius 3 is 2.67 bits per heavy atom. The predicted octanol–water partition coefficient (Wildman–Crippen LogP) is 1.12. The van der Waals surface area contributed by atoms with Crippen molar-refractivity contribution in [3.63, 3.8) is 0 Å². The molecule has 0 aromatic heterocycles. The standard InChI is InChI=1S/C14H28N2O4S/c1-3-10-16(12-13-7-5-6-9-15-13)21(18,19)11-8-14(17)20-4-2/h13,15H,3-12H2,1-2H3. The van der Waals surface area contributed by atoms with Gasteiger partial charge in [-0.1, -0.05) is 13.3 Å². The van der Waals surface area contributed by atoms with Crippen molar-refractivity contribution in [2.75, 3.05) is 32.0 Å². The normalized spacial score (nSPS) is 19.7. The molecule has 1 saturated heterocycles. The van der Waals surface area contributed by atoms with Crippen LogP contribution in [0.25, 0.3) is 0 Å². The van der Waals surface area contributed by atoms with E-state index >= 15 is 0 Å². The zero-order valence-corrected chi connectivity index (χ0v) is 14.0. The second-order valence-electron chi connectivity index (χ2n) is 5.38. The lowest BCUT2D eigenvalue weighted by Gasteiger charge is -2.29. The summed E-state index contributed by atoms with van der Waals surface area (Å²) in [6.45, 7) is 5.91. The molecule has 1 aliphatic heterocycles. The summed E-state index contributed by atoms with van der Waals surface area (Å²) in [6.07, 6.45) is 3.99. The molecule has 1 rings (SSSR count). The molecule has 0 amide bonds. The summed E-state index contributed by atoms with van der Waals surface area (Å²) in [5.74, 6) is -0.619. The molecule has 0 spiro atoms. The lowest BCUT2D eigenvalue weighted by molar-refractivity contribution is -0.142. The number of nitrogens with zero attached hydrogens (tertiary/aromatic N) is 1. The molecular weight excluding hydrogens is 292 g/mol. The van der Waals surface area contributed by atoms with E-state index in [1.165, 1.54) is 4.31 Å². The number of esters is 1. The van der Waals surface area contributed by atoms with Gasteiger partial charge in [0.05, 0.1) is 18.8 Å². The van der Waals surface area contributed by atoms with Gasteiger partial charge in [0.25, 0.3) is 0 Å². The minimum absolute atomic E-state index is 0.0749. The van der Waals surface area contributed by atoms with Crippen molar-refractivity contribution in [1.82, 2.24) is 9.62 Å². The molecule has 0 radical (unpaired) electrons. The maximum atomic E-state index is 12.4. The molecule has 1 aliphatic rings. The maximum Gasteiger partial charge on any atom is 0.306 e. The van der Waals surface area contributed by atoms with E-state index in [0.717, 1.165) is 32.2 Å². The van der Waals surface area contributed by atoms with Gasteiger partial charge >= 0.3 is 5.97 Å². The number of hydrogen-bond acceptors (Lipinski definition) is 5. The van der Waals surface area contributed by atoms with Gasteiger partial charge in [0.15, 0.2) is 0 Å². The van der Waals surface area contributed by atoms with Crippen LogP contribution in [0.3, 0.4) is 0 Å². The number of carbonyl (C=O) groups excluding carboxylic acids is 1. The Bertz CT molecular complexity index is 405. The smallest absolute Gasteiger partial charge is 0.306 e. The predicted molar refractivity (Wildman–Crippen MR) is 82.5 cm³/mol. The van der Waals surface area contributed by atoms with Gasteiger partial charge in [0, 0.05) is 19.1 Å². The van der Waals surface area contributed by atoms with Crippen molar-refractivity contribution in [1.29, 1.82) is 0 Å². The molecule has 0 saturated carbocycles. The number of sulfonamides is 1. The number of nitrogens with one attached hydrogen (secondary N) is 1. The van der Waals surface area contributed by atoms with Gasteiger partial charge < -0.3 is 10.1 Å². The average molecular weight is 320 g/mol. The van der Waals surface area contributed by atoms with Crippen LogP contribution in [-0.2, 0) is 19.6 Å².